The van der Waals surface area contributed by atoms with Crippen molar-refractivity contribution in [2.24, 2.45) is 0 Å². The van der Waals surface area contributed by atoms with Gasteiger partial charge in [0.15, 0.2) is 0 Å². The predicted octanol–water partition coefficient (Wildman–Crippen LogP) is 6.73. The highest BCUT2D eigenvalue weighted by Crippen LogP contribution is 2.30. The molecule has 0 bridgehead atoms. The maximum Gasteiger partial charge on any atom is 0.0466 e. The molecule has 1 heterocycles. The summed E-state index contributed by atoms with van der Waals surface area (Å²) in [6.07, 6.45) is 0. The molecule has 26 heavy (non-hydrogen) atoms. The Hall–Kier alpha value is -3.52. The van der Waals surface area contributed by atoms with Gasteiger partial charge in [-0.3, -0.25) is 0 Å². The third-order valence-electron chi connectivity index (χ3n) is 4.76. The summed E-state index contributed by atoms with van der Waals surface area (Å²) in [6, 6.07) is 33.9. The van der Waals surface area contributed by atoms with Gasteiger partial charge in [0.2, 0.25) is 0 Å². The Morgan fingerprint density at radius 2 is 1.23 bits per heavy atom. The first kappa shape index (κ1) is 14.8. The van der Waals surface area contributed by atoms with E-state index in [0.29, 0.717) is 0 Å². The van der Waals surface area contributed by atoms with E-state index in [2.05, 4.69) is 101 Å². The second-order valence-corrected chi connectivity index (χ2v) is 6.50. The molecule has 4 aromatic carbocycles. The van der Waals surface area contributed by atoms with Crippen LogP contribution in [0.4, 0.5) is 11.4 Å². The minimum atomic E-state index is 1.09. The Balaban J connectivity index is 1.52. The fourth-order valence-corrected chi connectivity index (χ4v) is 3.50. The summed E-state index contributed by atoms with van der Waals surface area (Å²) in [5.74, 6) is 0. The highest BCUT2D eigenvalue weighted by Gasteiger charge is 2.05. The van der Waals surface area contributed by atoms with Crippen molar-refractivity contribution < 1.29 is 0 Å². The first-order valence-corrected chi connectivity index (χ1v) is 8.80. The molecule has 0 unspecified atom stereocenters. The summed E-state index contributed by atoms with van der Waals surface area (Å²) in [6.45, 7) is 0. The van der Waals surface area contributed by atoms with Gasteiger partial charge in [0.25, 0.3) is 0 Å². The maximum atomic E-state index is 3.55. The molecule has 0 saturated carbocycles. The minimum absolute atomic E-state index is 1.09. The van der Waals surface area contributed by atoms with Gasteiger partial charge in [-0.1, -0.05) is 60.7 Å². The predicted molar refractivity (Wildman–Crippen MR) is 111 cm³/mol. The smallest absolute Gasteiger partial charge is 0.0466 e. The molecule has 2 heteroatoms. The van der Waals surface area contributed by atoms with E-state index in [9.17, 15) is 0 Å². The van der Waals surface area contributed by atoms with E-state index in [4.69, 9.17) is 0 Å². The van der Waals surface area contributed by atoms with Crippen LogP contribution in [0.1, 0.15) is 0 Å². The van der Waals surface area contributed by atoms with E-state index in [1.165, 1.54) is 27.4 Å². The van der Waals surface area contributed by atoms with Gasteiger partial charge < -0.3 is 10.3 Å². The number of nitrogens with one attached hydrogen (secondary N) is 2. The third kappa shape index (κ3) is 2.62. The number of aromatic amines is 1. The van der Waals surface area contributed by atoms with Gasteiger partial charge in [-0.2, -0.15) is 0 Å². The lowest BCUT2D eigenvalue weighted by Crippen LogP contribution is -1.90. The molecule has 0 fully saturated rings. The number of hydrogen-bond acceptors (Lipinski definition) is 1. The van der Waals surface area contributed by atoms with Crippen molar-refractivity contribution in [3.63, 3.8) is 0 Å². The third-order valence-corrected chi connectivity index (χ3v) is 4.76. The molecule has 2 nitrogen and oxygen atoms in total. The number of aromatic nitrogens is 1. The normalized spacial score (nSPS) is 11.1. The lowest BCUT2D eigenvalue weighted by molar-refractivity contribution is 1.53. The van der Waals surface area contributed by atoms with Crippen molar-refractivity contribution in [2.45, 2.75) is 0 Å². The quantitative estimate of drug-likeness (QED) is 0.376. The zero-order chi connectivity index (χ0) is 17.3. The average molecular weight is 334 g/mol. The molecule has 0 atom stereocenters. The number of para-hydroxylation sites is 1. The van der Waals surface area contributed by atoms with Gasteiger partial charge in [0, 0.05) is 33.2 Å². The number of fused-ring (bicyclic) bond motifs is 3. The largest absolute Gasteiger partial charge is 0.355 e. The number of rotatable bonds is 3. The van der Waals surface area contributed by atoms with E-state index in [0.717, 1.165) is 16.9 Å². The van der Waals surface area contributed by atoms with Crippen molar-refractivity contribution in [1.82, 2.24) is 4.98 Å². The van der Waals surface area contributed by atoms with Crippen LogP contribution in [0.25, 0.3) is 32.9 Å². The number of benzene rings is 4. The topological polar surface area (TPSA) is 27.8 Å². The highest BCUT2D eigenvalue weighted by molar-refractivity contribution is 6.08. The Kier molecular flexibility index (Phi) is 3.46. The molecule has 5 rings (SSSR count). The summed E-state index contributed by atoms with van der Waals surface area (Å²) in [5.41, 5.74) is 6.95. The molecule has 5 aromatic rings. The molecule has 0 aliphatic rings. The molecule has 0 aliphatic heterocycles. The van der Waals surface area contributed by atoms with Crippen LogP contribution in [0.3, 0.4) is 0 Å². The van der Waals surface area contributed by atoms with Crippen LogP contribution in [0.5, 0.6) is 0 Å². The SMILES string of the molecule is c1ccc(-c2cccc(Nc3ccc4[nH]c5ccccc5c4c3)c2)cc1. The summed E-state index contributed by atoms with van der Waals surface area (Å²) in [7, 11) is 0. The first-order valence-electron chi connectivity index (χ1n) is 8.80. The van der Waals surface area contributed by atoms with E-state index < -0.39 is 0 Å². The molecule has 0 aliphatic carbocycles. The van der Waals surface area contributed by atoms with Gasteiger partial charge >= 0.3 is 0 Å². The van der Waals surface area contributed by atoms with Crippen molar-refractivity contribution in [3.05, 3.63) is 97.1 Å². The fourth-order valence-electron chi connectivity index (χ4n) is 3.50. The lowest BCUT2D eigenvalue weighted by Gasteiger charge is -2.09. The van der Waals surface area contributed by atoms with Crippen molar-refractivity contribution >= 4 is 33.2 Å². The van der Waals surface area contributed by atoms with Gasteiger partial charge in [0.1, 0.15) is 0 Å². The molecular formula is C24H18N2. The van der Waals surface area contributed by atoms with Crippen LogP contribution in [-0.2, 0) is 0 Å². The van der Waals surface area contributed by atoms with E-state index in [1.807, 2.05) is 6.07 Å². The van der Waals surface area contributed by atoms with Gasteiger partial charge in [-0.15, -0.1) is 0 Å². The van der Waals surface area contributed by atoms with Crippen molar-refractivity contribution in [3.8, 4) is 11.1 Å². The maximum absolute atomic E-state index is 3.55. The van der Waals surface area contributed by atoms with Gasteiger partial charge in [0.05, 0.1) is 0 Å². The average Bonchev–Trinajstić information content (AvgIpc) is 3.07. The Morgan fingerprint density at radius 3 is 2.15 bits per heavy atom. The van der Waals surface area contributed by atoms with E-state index >= 15 is 0 Å². The second kappa shape index (κ2) is 6.08. The molecule has 0 amide bonds. The molecule has 0 saturated heterocycles. The molecule has 2 N–H and O–H groups in total. The lowest BCUT2D eigenvalue weighted by atomic mass is 10.1. The minimum Gasteiger partial charge on any atom is -0.355 e. The zero-order valence-electron chi connectivity index (χ0n) is 14.2. The highest BCUT2D eigenvalue weighted by atomic mass is 14.9. The van der Waals surface area contributed by atoms with Crippen LogP contribution < -0.4 is 5.32 Å². The second-order valence-electron chi connectivity index (χ2n) is 6.50. The van der Waals surface area contributed by atoms with Gasteiger partial charge in [-0.25, -0.2) is 0 Å². The number of anilines is 2. The molecule has 0 radical (unpaired) electrons. The summed E-state index contributed by atoms with van der Waals surface area (Å²) in [5, 5.41) is 6.04. The van der Waals surface area contributed by atoms with Crippen LogP contribution in [0.2, 0.25) is 0 Å². The standard InChI is InChI=1S/C24H18N2/c1-2-7-17(8-3-1)18-9-6-10-19(15-18)25-20-13-14-24-22(16-20)21-11-4-5-12-23(21)26-24/h1-16,25-26H. The van der Waals surface area contributed by atoms with Crippen molar-refractivity contribution in [2.75, 3.05) is 5.32 Å². The van der Waals surface area contributed by atoms with Crippen molar-refractivity contribution in [1.29, 1.82) is 0 Å². The summed E-state index contributed by atoms with van der Waals surface area (Å²) in [4.78, 5) is 3.47. The van der Waals surface area contributed by atoms with E-state index in [1.54, 1.807) is 0 Å². The number of hydrogen-bond donors (Lipinski definition) is 2. The van der Waals surface area contributed by atoms with Crippen LogP contribution in [0.15, 0.2) is 97.1 Å². The molecule has 0 spiro atoms. The van der Waals surface area contributed by atoms with Crippen LogP contribution in [0, 0.1) is 0 Å². The Labute approximate surface area is 152 Å². The van der Waals surface area contributed by atoms with Crippen LogP contribution >= 0.6 is 0 Å². The molecule has 124 valence electrons. The Bertz CT molecular complexity index is 1200. The summed E-state index contributed by atoms with van der Waals surface area (Å²) >= 11 is 0. The molecule has 1 aromatic heterocycles. The zero-order valence-corrected chi connectivity index (χ0v) is 14.2. The van der Waals surface area contributed by atoms with Crippen LogP contribution in [-0.4, -0.2) is 4.98 Å². The molecular weight excluding hydrogens is 316 g/mol. The van der Waals surface area contributed by atoms with E-state index in [-0.39, 0.29) is 0 Å². The van der Waals surface area contributed by atoms with Gasteiger partial charge in [-0.05, 0) is 47.5 Å². The first-order chi connectivity index (χ1) is 12.9. The Morgan fingerprint density at radius 1 is 0.500 bits per heavy atom. The fraction of sp³-hybridized carbons (Fsp3) is 0. The summed E-state index contributed by atoms with van der Waals surface area (Å²) < 4.78 is 0. The number of H-pyrrole nitrogens is 1. The monoisotopic (exact) mass is 334 g/mol.